The average Bonchev–Trinajstić information content (AvgIpc) is 3.32. The summed E-state index contributed by atoms with van der Waals surface area (Å²) in [5.41, 5.74) is -0.346. The molecule has 2 aliphatic heterocycles. The Bertz CT molecular complexity index is 909. The summed E-state index contributed by atoms with van der Waals surface area (Å²) >= 11 is 0. The minimum absolute atomic E-state index is 0.0848. The third-order valence-electron chi connectivity index (χ3n) is 6.45. The van der Waals surface area contributed by atoms with Crippen LogP contribution in [0.3, 0.4) is 0 Å². The largest absolute Gasteiger partial charge is 0.340 e. The number of piperazine rings is 1. The van der Waals surface area contributed by atoms with Gasteiger partial charge in [0.1, 0.15) is 11.4 Å². The molecule has 5 amide bonds. The number of anilines is 1. The van der Waals surface area contributed by atoms with Crippen LogP contribution in [0.25, 0.3) is 0 Å². The highest BCUT2D eigenvalue weighted by atomic mass is 19.1. The van der Waals surface area contributed by atoms with Gasteiger partial charge in [0.25, 0.3) is 5.91 Å². The molecule has 32 heavy (non-hydrogen) atoms. The van der Waals surface area contributed by atoms with Crippen molar-refractivity contribution >= 4 is 29.4 Å². The van der Waals surface area contributed by atoms with Gasteiger partial charge in [0, 0.05) is 44.8 Å². The Balaban J connectivity index is 1.20. The zero-order valence-corrected chi connectivity index (χ0v) is 17.9. The molecule has 1 saturated carbocycles. The standard InChI is InChI=1S/C22H28FN5O4/c23-16-4-3-5-17(14-16)24-18(29)15-26-10-12-27(13-11-26)19(30)6-9-28-20(31)22(25-21(28)32)7-1-2-8-22/h3-5,14H,1-2,6-13,15H2,(H,24,29)(H,25,32). The number of benzene rings is 1. The number of nitrogens with zero attached hydrogens (tertiary/aromatic N) is 3. The summed E-state index contributed by atoms with van der Waals surface area (Å²) in [6.45, 7) is 2.25. The van der Waals surface area contributed by atoms with Crippen LogP contribution >= 0.6 is 0 Å². The van der Waals surface area contributed by atoms with E-state index >= 15 is 0 Å². The number of halogens is 1. The molecule has 2 N–H and O–H groups in total. The highest BCUT2D eigenvalue weighted by Crippen LogP contribution is 2.35. The summed E-state index contributed by atoms with van der Waals surface area (Å²) in [4.78, 5) is 54.5. The van der Waals surface area contributed by atoms with E-state index in [1.807, 2.05) is 4.90 Å². The van der Waals surface area contributed by atoms with Gasteiger partial charge in [0.2, 0.25) is 11.8 Å². The Kier molecular flexibility index (Phi) is 6.40. The van der Waals surface area contributed by atoms with Gasteiger partial charge in [0.05, 0.1) is 6.54 Å². The number of hydrogen-bond acceptors (Lipinski definition) is 5. The first-order chi connectivity index (χ1) is 15.4. The molecule has 10 heteroatoms. The second-order valence-electron chi connectivity index (χ2n) is 8.64. The fraction of sp³-hybridized carbons (Fsp3) is 0.545. The van der Waals surface area contributed by atoms with Gasteiger partial charge in [-0.2, -0.15) is 0 Å². The maximum absolute atomic E-state index is 13.2. The first kappa shape index (κ1) is 22.2. The van der Waals surface area contributed by atoms with Crippen LogP contribution in [0.4, 0.5) is 14.9 Å². The number of rotatable bonds is 6. The highest BCUT2D eigenvalue weighted by molar-refractivity contribution is 6.07. The summed E-state index contributed by atoms with van der Waals surface area (Å²) in [6, 6.07) is 5.32. The zero-order valence-electron chi connectivity index (χ0n) is 17.9. The van der Waals surface area contributed by atoms with Gasteiger partial charge < -0.3 is 15.5 Å². The Morgan fingerprint density at radius 2 is 1.81 bits per heavy atom. The van der Waals surface area contributed by atoms with E-state index in [1.54, 1.807) is 11.0 Å². The normalized spacial score (nSPS) is 20.7. The minimum Gasteiger partial charge on any atom is -0.340 e. The Morgan fingerprint density at radius 1 is 1.09 bits per heavy atom. The van der Waals surface area contributed by atoms with Crippen molar-refractivity contribution in [1.29, 1.82) is 0 Å². The summed E-state index contributed by atoms with van der Waals surface area (Å²) < 4.78 is 13.2. The van der Waals surface area contributed by atoms with Crippen LogP contribution in [0.1, 0.15) is 32.1 Å². The average molecular weight is 445 g/mol. The molecule has 3 aliphatic rings. The minimum atomic E-state index is -0.752. The molecule has 0 radical (unpaired) electrons. The van der Waals surface area contributed by atoms with Crippen LogP contribution in [-0.2, 0) is 14.4 Å². The summed E-state index contributed by atoms with van der Waals surface area (Å²) in [5, 5.41) is 5.49. The SMILES string of the molecule is O=C(CN1CCN(C(=O)CCN2C(=O)NC3(CCCC3)C2=O)CC1)Nc1cccc(F)c1. The lowest BCUT2D eigenvalue weighted by Gasteiger charge is -2.34. The van der Waals surface area contributed by atoms with E-state index in [-0.39, 0.29) is 37.2 Å². The van der Waals surface area contributed by atoms with Gasteiger partial charge in [0.15, 0.2) is 0 Å². The van der Waals surface area contributed by atoms with Gasteiger partial charge in [-0.15, -0.1) is 0 Å². The van der Waals surface area contributed by atoms with Crippen molar-refractivity contribution < 1.29 is 23.6 Å². The first-order valence-electron chi connectivity index (χ1n) is 11.1. The number of carbonyl (C=O) groups excluding carboxylic acids is 4. The molecule has 0 bridgehead atoms. The van der Waals surface area contributed by atoms with Gasteiger partial charge >= 0.3 is 6.03 Å². The number of carbonyl (C=O) groups is 4. The molecule has 1 aromatic carbocycles. The lowest BCUT2D eigenvalue weighted by atomic mass is 9.98. The van der Waals surface area contributed by atoms with Gasteiger partial charge in [-0.3, -0.25) is 24.2 Å². The predicted molar refractivity (Wildman–Crippen MR) is 114 cm³/mol. The molecule has 0 unspecified atom stereocenters. The molecular formula is C22H28FN5O4. The van der Waals surface area contributed by atoms with Crippen LogP contribution in [0.15, 0.2) is 24.3 Å². The van der Waals surface area contributed by atoms with E-state index in [0.717, 1.165) is 12.8 Å². The quantitative estimate of drug-likeness (QED) is 0.640. The summed E-state index contributed by atoms with van der Waals surface area (Å²) in [7, 11) is 0. The van der Waals surface area contributed by atoms with Crippen molar-refractivity contribution in [2.75, 3.05) is 44.6 Å². The van der Waals surface area contributed by atoms with Crippen molar-refractivity contribution in [3.8, 4) is 0 Å². The molecule has 0 aromatic heterocycles. The molecule has 1 spiro atoms. The van der Waals surface area contributed by atoms with Crippen molar-refractivity contribution in [2.24, 2.45) is 0 Å². The molecule has 1 aliphatic carbocycles. The van der Waals surface area contributed by atoms with Crippen molar-refractivity contribution in [3.63, 3.8) is 0 Å². The van der Waals surface area contributed by atoms with E-state index in [9.17, 15) is 23.6 Å². The number of nitrogens with one attached hydrogen (secondary N) is 2. The molecule has 2 saturated heterocycles. The zero-order chi connectivity index (χ0) is 22.7. The van der Waals surface area contributed by atoms with Gasteiger partial charge in [-0.05, 0) is 31.0 Å². The van der Waals surface area contributed by atoms with Gasteiger partial charge in [-0.25, -0.2) is 9.18 Å². The van der Waals surface area contributed by atoms with E-state index in [0.29, 0.717) is 44.7 Å². The van der Waals surface area contributed by atoms with Crippen LogP contribution in [0, 0.1) is 5.82 Å². The smallest absolute Gasteiger partial charge is 0.325 e. The fourth-order valence-electron chi connectivity index (χ4n) is 4.69. The van der Waals surface area contributed by atoms with Crippen LogP contribution in [-0.4, -0.2) is 83.3 Å². The van der Waals surface area contributed by atoms with Crippen molar-refractivity contribution in [1.82, 2.24) is 20.0 Å². The van der Waals surface area contributed by atoms with E-state index in [2.05, 4.69) is 10.6 Å². The Morgan fingerprint density at radius 3 is 2.50 bits per heavy atom. The molecule has 172 valence electrons. The first-order valence-corrected chi connectivity index (χ1v) is 11.1. The number of urea groups is 1. The third-order valence-corrected chi connectivity index (χ3v) is 6.45. The maximum Gasteiger partial charge on any atom is 0.325 e. The molecule has 9 nitrogen and oxygen atoms in total. The molecule has 4 rings (SSSR count). The van der Waals surface area contributed by atoms with Crippen molar-refractivity contribution in [3.05, 3.63) is 30.1 Å². The Hall–Kier alpha value is -3.01. The predicted octanol–water partition coefficient (Wildman–Crippen LogP) is 1.16. The number of amides is 5. The van der Waals surface area contributed by atoms with E-state index in [4.69, 9.17) is 0 Å². The number of imide groups is 1. The second kappa shape index (κ2) is 9.23. The highest BCUT2D eigenvalue weighted by Gasteiger charge is 2.52. The molecule has 0 atom stereocenters. The monoisotopic (exact) mass is 445 g/mol. The van der Waals surface area contributed by atoms with Gasteiger partial charge in [-0.1, -0.05) is 18.9 Å². The lowest BCUT2D eigenvalue weighted by Crippen LogP contribution is -2.51. The van der Waals surface area contributed by atoms with Crippen molar-refractivity contribution in [2.45, 2.75) is 37.6 Å². The van der Waals surface area contributed by atoms with E-state index < -0.39 is 17.4 Å². The topological polar surface area (TPSA) is 102 Å². The molecular weight excluding hydrogens is 417 g/mol. The van der Waals surface area contributed by atoms with Crippen LogP contribution in [0.2, 0.25) is 0 Å². The summed E-state index contributed by atoms with van der Waals surface area (Å²) in [5.74, 6) is -0.972. The summed E-state index contributed by atoms with van der Waals surface area (Å²) in [6.07, 6.45) is 3.26. The van der Waals surface area contributed by atoms with Crippen LogP contribution in [0.5, 0.6) is 0 Å². The molecule has 2 heterocycles. The molecule has 3 fully saturated rings. The Labute approximate surface area is 185 Å². The van der Waals surface area contributed by atoms with E-state index in [1.165, 1.54) is 23.1 Å². The molecule has 1 aromatic rings. The lowest BCUT2D eigenvalue weighted by molar-refractivity contribution is -0.134. The third kappa shape index (κ3) is 4.74. The maximum atomic E-state index is 13.2. The number of hydrogen-bond donors (Lipinski definition) is 2. The fourth-order valence-corrected chi connectivity index (χ4v) is 4.69. The van der Waals surface area contributed by atoms with Crippen LogP contribution < -0.4 is 10.6 Å². The second-order valence-corrected chi connectivity index (χ2v) is 8.64.